The van der Waals surface area contributed by atoms with Gasteiger partial charge in [0.25, 0.3) is 5.56 Å². The van der Waals surface area contributed by atoms with Crippen LogP contribution in [0.2, 0.25) is 0 Å². The maximum atomic E-state index is 12.1. The molecule has 0 aliphatic heterocycles. The van der Waals surface area contributed by atoms with Crippen LogP contribution < -0.4 is 11.2 Å². The van der Waals surface area contributed by atoms with Gasteiger partial charge in [-0.25, -0.2) is 9.78 Å². The Balaban J connectivity index is 2.03. The van der Waals surface area contributed by atoms with Gasteiger partial charge in [-0.05, 0) is 31.6 Å². The molecule has 1 N–H and O–H groups in total. The number of nitrogens with one attached hydrogen (secondary N) is 1. The molecule has 0 saturated heterocycles. The van der Waals surface area contributed by atoms with Crippen LogP contribution in [0.1, 0.15) is 45.6 Å². The minimum atomic E-state index is -0.420. The molecule has 1 aliphatic rings. The average molecular weight is 290 g/mol. The smallest absolute Gasteiger partial charge is 0.322 e. The van der Waals surface area contributed by atoms with Crippen LogP contribution in [0.4, 0.5) is 0 Å². The summed E-state index contributed by atoms with van der Waals surface area (Å²) in [6.07, 6.45) is 6.56. The second-order valence-electron chi connectivity index (χ2n) is 6.40. The zero-order chi connectivity index (χ0) is 15.1. The molecule has 21 heavy (non-hydrogen) atoms. The summed E-state index contributed by atoms with van der Waals surface area (Å²) >= 11 is 0. The van der Waals surface area contributed by atoms with E-state index in [0.717, 1.165) is 5.92 Å². The van der Waals surface area contributed by atoms with E-state index in [0.29, 0.717) is 17.1 Å². The lowest BCUT2D eigenvalue weighted by Gasteiger charge is -2.31. The molecule has 6 heteroatoms. The fourth-order valence-electron chi connectivity index (χ4n) is 3.46. The van der Waals surface area contributed by atoms with Gasteiger partial charge in [0.05, 0.1) is 6.33 Å². The number of rotatable bonds is 2. The summed E-state index contributed by atoms with van der Waals surface area (Å²) in [6, 6.07) is 0.223. The number of aromatic nitrogens is 4. The molecular weight excluding hydrogens is 268 g/mol. The van der Waals surface area contributed by atoms with Crippen LogP contribution in [0.3, 0.4) is 0 Å². The van der Waals surface area contributed by atoms with Crippen molar-refractivity contribution in [1.29, 1.82) is 0 Å². The highest BCUT2D eigenvalue weighted by Crippen LogP contribution is 2.35. The predicted octanol–water partition coefficient (Wildman–Crippen LogP) is 1.81. The fraction of sp³-hybridized carbons (Fsp3) is 0.667. The highest BCUT2D eigenvalue weighted by Gasteiger charge is 2.26. The van der Waals surface area contributed by atoms with Gasteiger partial charge >= 0.3 is 5.69 Å². The minimum Gasteiger partial charge on any atom is -0.322 e. The molecular formula is C15H22N4O2. The monoisotopic (exact) mass is 290 g/mol. The number of imidazole rings is 1. The number of nitrogens with zero attached hydrogens (tertiary/aromatic N) is 3. The Morgan fingerprint density at radius 3 is 2.62 bits per heavy atom. The Morgan fingerprint density at radius 1 is 1.29 bits per heavy atom. The summed E-state index contributed by atoms with van der Waals surface area (Å²) < 4.78 is 3.33. The molecule has 1 fully saturated rings. The van der Waals surface area contributed by atoms with Crippen molar-refractivity contribution in [1.82, 2.24) is 19.1 Å². The van der Waals surface area contributed by atoms with Crippen molar-refractivity contribution in [2.45, 2.75) is 45.6 Å². The molecule has 1 saturated carbocycles. The molecule has 1 atom stereocenters. The molecule has 3 rings (SSSR count). The molecule has 0 amide bonds. The van der Waals surface area contributed by atoms with E-state index in [2.05, 4.69) is 23.8 Å². The lowest BCUT2D eigenvalue weighted by atomic mass is 9.79. The van der Waals surface area contributed by atoms with E-state index in [-0.39, 0.29) is 11.6 Å². The normalized spacial score (nSPS) is 24.3. The van der Waals surface area contributed by atoms with Gasteiger partial charge in [0, 0.05) is 13.1 Å². The minimum absolute atomic E-state index is 0.223. The van der Waals surface area contributed by atoms with Crippen molar-refractivity contribution in [2.75, 3.05) is 0 Å². The van der Waals surface area contributed by atoms with Crippen LogP contribution in [0.25, 0.3) is 11.2 Å². The van der Waals surface area contributed by atoms with E-state index in [1.807, 2.05) is 4.57 Å². The van der Waals surface area contributed by atoms with E-state index in [1.165, 1.54) is 30.3 Å². The first-order chi connectivity index (χ1) is 9.99. The summed E-state index contributed by atoms with van der Waals surface area (Å²) in [5.41, 5.74) is 0.196. The molecule has 1 unspecified atom stereocenters. The summed E-state index contributed by atoms with van der Waals surface area (Å²) in [7, 11) is 1.63. The Morgan fingerprint density at radius 2 is 1.95 bits per heavy atom. The molecule has 0 bridgehead atoms. The summed E-state index contributed by atoms with van der Waals surface area (Å²) in [5.74, 6) is 1.37. The third kappa shape index (κ3) is 2.32. The molecule has 114 valence electrons. The van der Waals surface area contributed by atoms with E-state index in [9.17, 15) is 9.59 Å². The van der Waals surface area contributed by atoms with Gasteiger partial charge in [0.1, 0.15) is 0 Å². The van der Waals surface area contributed by atoms with Gasteiger partial charge in [-0.15, -0.1) is 0 Å². The summed E-state index contributed by atoms with van der Waals surface area (Å²) in [4.78, 5) is 30.4. The first-order valence-electron chi connectivity index (χ1n) is 7.65. The van der Waals surface area contributed by atoms with Gasteiger partial charge in [-0.3, -0.25) is 14.3 Å². The largest absolute Gasteiger partial charge is 0.329 e. The lowest BCUT2D eigenvalue weighted by molar-refractivity contribution is 0.227. The van der Waals surface area contributed by atoms with Crippen molar-refractivity contribution >= 4 is 11.2 Å². The molecule has 0 radical (unpaired) electrons. The van der Waals surface area contributed by atoms with Crippen molar-refractivity contribution in [3.63, 3.8) is 0 Å². The topological polar surface area (TPSA) is 72.7 Å². The maximum absolute atomic E-state index is 12.1. The Labute approximate surface area is 122 Å². The van der Waals surface area contributed by atoms with Crippen LogP contribution in [-0.2, 0) is 7.05 Å². The van der Waals surface area contributed by atoms with E-state index in [1.54, 1.807) is 13.4 Å². The highest BCUT2D eigenvalue weighted by atomic mass is 16.2. The fourth-order valence-corrected chi connectivity index (χ4v) is 3.46. The number of hydrogen-bond donors (Lipinski definition) is 1. The predicted molar refractivity (Wildman–Crippen MR) is 81.4 cm³/mol. The Bertz CT molecular complexity index is 762. The second kappa shape index (κ2) is 5.16. The number of hydrogen-bond acceptors (Lipinski definition) is 3. The van der Waals surface area contributed by atoms with Crippen molar-refractivity contribution in [2.24, 2.45) is 18.9 Å². The first-order valence-corrected chi connectivity index (χ1v) is 7.65. The Hall–Kier alpha value is -1.85. The Kier molecular flexibility index (Phi) is 3.47. The third-order valence-corrected chi connectivity index (χ3v) is 5.01. The molecule has 6 nitrogen and oxygen atoms in total. The molecule has 2 heterocycles. The van der Waals surface area contributed by atoms with Crippen LogP contribution in [0, 0.1) is 11.8 Å². The van der Waals surface area contributed by atoms with E-state index < -0.39 is 5.69 Å². The zero-order valence-corrected chi connectivity index (χ0v) is 12.8. The summed E-state index contributed by atoms with van der Waals surface area (Å²) in [5, 5.41) is 0. The van der Waals surface area contributed by atoms with Gasteiger partial charge in [-0.1, -0.05) is 19.8 Å². The van der Waals surface area contributed by atoms with Crippen LogP contribution in [-0.4, -0.2) is 19.1 Å². The van der Waals surface area contributed by atoms with Gasteiger partial charge in [-0.2, -0.15) is 0 Å². The molecule has 1 aliphatic carbocycles. The summed E-state index contributed by atoms with van der Waals surface area (Å²) in [6.45, 7) is 4.44. The van der Waals surface area contributed by atoms with Gasteiger partial charge < -0.3 is 4.57 Å². The second-order valence-corrected chi connectivity index (χ2v) is 6.40. The van der Waals surface area contributed by atoms with E-state index >= 15 is 0 Å². The third-order valence-electron chi connectivity index (χ3n) is 5.01. The van der Waals surface area contributed by atoms with Crippen molar-refractivity contribution in [3.8, 4) is 0 Å². The average Bonchev–Trinajstić information content (AvgIpc) is 2.90. The zero-order valence-electron chi connectivity index (χ0n) is 12.8. The molecule has 0 spiro atoms. The lowest BCUT2D eigenvalue weighted by Crippen LogP contribution is -2.30. The maximum Gasteiger partial charge on any atom is 0.329 e. The number of H-pyrrole nitrogens is 1. The quantitative estimate of drug-likeness (QED) is 0.916. The first kappa shape index (κ1) is 14.1. The molecule has 2 aromatic rings. The van der Waals surface area contributed by atoms with Crippen LogP contribution >= 0.6 is 0 Å². The van der Waals surface area contributed by atoms with Crippen molar-refractivity contribution in [3.05, 3.63) is 27.2 Å². The van der Waals surface area contributed by atoms with Gasteiger partial charge in [0.15, 0.2) is 11.2 Å². The SMILES string of the molecule is CC([C@H]1CC[C@H](C)CC1)n1cnc2c1c(=O)[nH]c(=O)n2C. The van der Waals surface area contributed by atoms with Gasteiger partial charge in [0.2, 0.25) is 0 Å². The standard InChI is InChI=1S/C15H22N4O2/c1-9-4-6-11(7-5-9)10(2)19-8-16-13-12(19)14(20)17-15(21)18(13)3/h8-11H,4-7H2,1-3H3,(H,17,20,21)/t9-,10?,11-. The number of aryl methyl sites for hydroxylation is 1. The molecule has 0 aromatic carbocycles. The van der Waals surface area contributed by atoms with Crippen LogP contribution in [0.15, 0.2) is 15.9 Å². The van der Waals surface area contributed by atoms with E-state index in [4.69, 9.17) is 0 Å². The highest BCUT2D eigenvalue weighted by molar-refractivity contribution is 5.69. The number of aromatic amines is 1. The number of fused-ring (bicyclic) bond motifs is 1. The van der Waals surface area contributed by atoms with Crippen LogP contribution in [0.5, 0.6) is 0 Å². The van der Waals surface area contributed by atoms with Crippen molar-refractivity contribution < 1.29 is 0 Å². The molecule has 2 aromatic heterocycles.